The highest BCUT2D eigenvalue weighted by Gasteiger charge is 2.46. The molecule has 0 aromatic heterocycles. The molecule has 2 aliphatic heterocycles. The molecule has 6 heteroatoms. The quantitative estimate of drug-likeness (QED) is 0.872. The largest absolute Gasteiger partial charge is 0.391 e. The van der Waals surface area contributed by atoms with Gasteiger partial charge in [0.2, 0.25) is 5.69 Å². The van der Waals surface area contributed by atoms with E-state index in [9.17, 15) is 5.11 Å². The van der Waals surface area contributed by atoms with Crippen molar-refractivity contribution in [2.75, 3.05) is 13.2 Å². The Morgan fingerprint density at radius 1 is 1.55 bits per heavy atom. The van der Waals surface area contributed by atoms with Crippen LogP contribution in [0.1, 0.15) is 24.5 Å². The molecule has 0 amide bonds. The molecule has 1 N–H and O–H groups in total. The number of hydrogen-bond acceptors (Lipinski definition) is 4. The van der Waals surface area contributed by atoms with Gasteiger partial charge in [0.15, 0.2) is 0 Å². The number of benzene rings is 1. The predicted octanol–water partition coefficient (Wildman–Crippen LogP) is 2.76. The van der Waals surface area contributed by atoms with Crippen LogP contribution >= 0.6 is 11.6 Å². The zero-order valence-corrected chi connectivity index (χ0v) is 13.3. The number of fused-ring (bicyclic) bond motifs is 1. The molecule has 2 heterocycles. The normalized spacial score (nSPS) is 26.8. The molecule has 0 aliphatic carbocycles. The molecule has 1 aromatic carbocycles. The van der Waals surface area contributed by atoms with E-state index in [-0.39, 0.29) is 12.1 Å². The molecule has 3 atom stereocenters. The van der Waals surface area contributed by atoms with Gasteiger partial charge >= 0.3 is 0 Å². The summed E-state index contributed by atoms with van der Waals surface area (Å²) < 4.78 is 5.87. The first kappa shape index (κ1) is 15.3. The van der Waals surface area contributed by atoms with Gasteiger partial charge in [-0.1, -0.05) is 23.7 Å². The third kappa shape index (κ3) is 2.28. The van der Waals surface area contributed by atoms with Gasteiger partial charge in [-0.15, -0.1) is 0 Å². The Morgan fingerprint density at radius 3 is 3.00 bits per heavy atom. The monoisotopic (exact) mass is 319 g/mol. The first-order valence-electron chi connectivity index (χ1n) is 7.40. The van der Waals surface area contributed by atoms with Crippen molar-refractivity contribution in [3.63, 3.8) is 0 Å². The van der Waals surface area contributed by atoms with E-state index in [4.69, 9.17) is 22.9 Å². The molecule has 0 spiro atoms. The summed E-state index contributed by atoms with van der Waals surface area (Å²) in [6.07, 6.45) is 0.00803. The van der Waals surface area contributed by atoms with Gasteiger partial charge in [-0.2, -0.15) is 5.10 Å². The zero-order chi connectivity index (χ0) is 15.9. The molecule has 1 saturated heterocycles. The molecule has 1 aromatic rings. The minimum absolute atomic E-state index is 0.131. The van der Waals surface area contributed by atoms with Crippen LogP contribution < -0.4 is 0 Å². The van der Waals surface area contributed by atoms with E-state index in [0.717, 1.165) is 23.4 Å². The number of hydrazone groups is 1. The first-order chi connectivity index (χ1) is 10.6. The van der Waals surface area contributed by atoms with E-state index in [1.165, 1.54) is 0 Å². The Balaban J connectivity index is 2.04. The smallest absolute Gasteiger partial charge is 0.205 e. The Labute approximate surface area is 135 Å². The van der Waals surface area contributed by atoms with E-state index < -0.39 is 6.10 Å². The van der Waals surface area contributed by atoms with Gasteiger partial charge in [0.25, 0.3) is 0 Å². The number of aliphatic hydroxyl groups is 1. The minimum atomic E-state index is -0.434. The number of ether oxygens (including phenoxy) is 1. The molecule has 0 unspecified atom stereocenters. The van der Waals surface area contributed by atoms with Crippen molar-refractivity contribution in [3.8, 4) is 0 Å². The van der Waals surface area contributed by atoms with Crippen molar-refractivity contribution in [1.82, 2.24) is 5.01 Å². The van der Waals surface area contributed by atoms with Crippen molar-refractivity contribution in [2.45, 2.75) is 38.5 Å². The molecule has 0 bridgehead atoms. The summed E-state index contributed by atoms with van der Waals surface area (Å²) in [7, 11) is 0. The molecule has 0 saturated carbocycles. The second-order valence-corrected chi connectivity index (χ2v) is 5.93. The van der Waals surface area contributed by atoms with Crippen molar-refractivity contribution < 1.29 is 9.84 Å². The molecular formula is C16H18ClN3O2. The summed E-state index contributed by atoms with van der Waals surface area (Å²) in [4.78, 5) is 3.42. The molecule has 0 radical (unpaired) electrons. The summed E-state index contributed by atoms with van der Waals surface area (Å²) >= 11 is 6.28. The van der Waals surface area contributed by atoms with Crippen LogP contribution in [0.2, 0.25) is 5.02 Å². The van der Waals surface area contributed by atoms with Crippen LogP contribution in [-0.2, 0) is 4.74 Å². The molecule has 116 valence electrons. The Bertz CT molecular complexity index is 668. The minimum Gasteiger partial charge on any atom is -0.391 e. The van der Waals surface area contributed by atoms with Gasteiger partial charge in [0.1, 0.15) is 12.1 Å². The fraction of sp³-hybridized carbons (Fsp3) is 0.500. The topological polar surface area (TPSA) is 49.4 Å². The fourth-order valence-electron chi connectivity index (χ4n) is 3.21. The maximum absolute atomic E-state index is 10.2. The summed E-state index contributed by atoms with van der Waals surface area (Å²) in [6, 6.07) is 3.45. The van der Waals surface area contributed by atoms with Gasteiger partial charge in [-0.25, -0.2) is 4.85 Å². The second-order valence-electron chi connectivity index (χ2n) is 5.55. The van der Waals surface area contributed by atoms with Gasteiger partial charge < -0.3 is 9.84 Å². The Morgan fingerprint density at radius 2 is 2.32 bits per heavy atom. The van der Waals surface area contributed by atoms with Crippen LogP contribution in [0.25, 0.3) is 4.85 Å². The second kappa shape index (κ2) is 5.88. The van der Waals surface area contributed by atoms with Crippen LogP contribution in [0.15, 0.2) is 17.2 Å². The number of halogens is 1. The number of hydrogen-bond donors (Lipinski definition) is 1. The lowest BCUT2D eigenvalue weighted by molar-refractivity contribution is 0.0203. The maximum Gasteiger partial charge on any atom is 0.205 e. The predicted molar refractivity (Wildman–Crippen MR) is 85.5 cm³/mol. The highest BCUT2D eigenvalue weighted by Crippen LogP contribution is 2.36. The lowest BCUT2D eigenvalue weighted by Crippen LogP contribution is -2.42. The van der Waals surface area contributed by atoms with Crippen LogP contribution in [0.5, 0.6) is 0 Å². The highest BCUT2D eigenvalue weighted by atomic mass is 35.5. The van der Waals surface area contributed by atoms with Crippen LogP contribution in [0.3, 0.4) is 0 Å². The zero-order valence-electron chi connectivity index (χ0n) is 12.6. The maximum atomic E-state index is 10.2. The molecular weight excluding hydrogens is 302 g/mol. The van der Waals surface area contributed by atoms with E-state index in [1.54, 1.807) is 6.07 Å². The SMILES string of the molecule is [C-]#[N+]c1ccc(C2=NN3CC[C@H](O)[C@H]3[C@@H]2OCC)c(C)c1Cl. The van der Waals surface area contributed by atoms with Crippen molar-refractivity contribution in [1.29, 1.82) is 0 Å². The van der Waals surface area contributed by atoms with Gasteiger partial charge in [0, 0.05) is 18.7 Å². The summed E-state index contributed by atoms with van der Waals surface area (Å²) in [5.41, 5.74) is 2.95. The number of nitrogens with zero attached hydrogens (tertiary/aromatic N) is 3. The standard InChI is InChI=1S/C16H18ClN3O2/c1-4-22-16-14(19-20-8-7-12(21)15(16)20)10-5-6-11(18-3)13(17)9(10)2/h5-6,12,15-16,21H,4,7-8H2,1-2H3/t12-,15-,16+/m0/s1. The first-order valence-corrected chi connectivity index (χ1v) is 7.78. The summed E-state index contributed by atoms with van der Waals surface area (Å²) in [5.74, 6) is 0. The van der Waals surface area contributed by atoms with Crippen molar-refractivity contribution in [3.05, 3.63) is 39.7 Å². The average molecular weight is 320 g/mol. The summed E-state index contributed by atoms with van der Waals surface area (Å²) in [5, 5.41) is 17.2. The number of rotatable bonds is 3. The van der Waals surface area contributed by atoms with Gasteiger partial charge in [0.05, 0.1) is 23.4 Å². The Hall–Kier alpha value is -1.61. The van der Waals surface area contributed by atoms with E-state index in [0.29, 0.717) is 23.7 Å². The Kier molecular flexibility index (Phi) is 4.09. The van der Waals surface area contributed by atoms with Crippen molar-refractivity contribution >= 4 is 23.0 Å². The van der Waals surface area contributed by atoms with Crippen molar-refractivity contribution in [2.24, 2.45) is 5.10 Å². The van der Waals surface area contributed by atoms with Crippen LogP contribution in [-0.4, -0.2) is 47.2 Å². The third-order valence-corrected chi connectivity index (χ3v) is 4.79. The third-order valence-electron chi connectivity index (χ3n) is 4.32. The van der Waals surface area contributed by atoms with Gasteiger partial charge in [-0.3, -0.25) is 5.01 Å². The molecule has 3 rings (SSSR count). The lowest BCUT2D eigenvalue weighted by Gasteiger charge is -2.24. The summed E-state index contributed by atoms with van der Waals surface area (Å²) in [6.45, 7) is 12.2. The molecule has 22 heavy (non-hydrogen) atoms. The lowest BCUT2D eigenvalue weighted by atomic mass is 9.95. The fourth-order valence-corrected chi connectivity index (χ4v) is 3.42. The molecule has 5 nitrogen and oxygen atoms in total. The highest BCUT2D eigenvalue weighted by molar-refractivity contribution is 6.34. The molecule has 1 fully saturated rings. The molecule has 2 aliphatic rings. The van der Waals surface area contributed by atoms with Gasteiger partial charge in [-0.05, 0) is 25.8 Å². The average Bonchev–Trinajstić information content (AvgIpc) is 3.04. The van der Waals surface area contributed by atoms with E-state index in [2.05, 4.69) is 9.95 Å². The van der Waals surface area contributed by atoms with E-state index in [1.807, 2.05) is 24.9 Å². The van der Waals surface area contributed by atoms with Crippen LogP contribution in [0, 0.1) is 13.5 Å². The number of aliphatic hydroxyl groups excluding tert-OH is 1. The van der Waals surface area contributed by atoms with Crippen LogP contribution in [0.4, 0.5) is 5.69 Å². The van der Waals surface area contributed by atoms with E-state index >= 15 is 0 Å².